The molecule has 2 rings (SSSR count). The number of rotatable bonds is 9. The molecule has 0 unspecified atom stereocenters. The van der Waals surface area contributed by atoms with Gasteiger partial charge < -0.3 is 10.6 Å². The molecule has 0 spiro atoms. The highest BCUT2D eigenvalue weighted by molar-refractivity contribution is 7.89. The van der Waals surface area contributed by atoms with Crippen molar-refractivity contribution < 1.29 is 8.42 Å². The Labute approximate surface area is 162 Å². The lowest BCUT2D eigenvalue weighted by atomic mass is 9.96. The van der Waals surface area contributed by atoms with Crippen molar-refractivity contribution in [2.24, 2.45) is 4.99 Å². The minimum atomic E-state index is -3.23. The number of nitrogens with zero attached hydrogens (tertiary/aromatic N) is 2. The molecule has 1 aromatic rings. The highest BCUT2D eigenvalue weighted by Crippen LogP contribution is 2.48. The van der Waals surface area contributed by atoms with Crippen molar-refractivity contribution in [1.82, 2.24) is 14.9 Å². The van der Waals surface area contributed by atoms with Gasteiger partial charge in [0.1, 0.15) is 0 Å². The molecule has 0 amide bonds. The zero-order valence-electron chi connectivity index (χ0n) is 15.8. The number of guanidine groups is 1. The Kier molecular flexibility index (Phi) is 7.32. The van der Waals surface area contributed by atoms with Crippen LogP contribution in [0.15, 0.2) is 29.3 Å². The Morgan fingerprint density at radius 3 is 2.50 bits per heavy atom. The molecule has 8 heteroatoms. The lowest BCUT2D eigenvalue weighted by molar-refractivity contribution is 0.445. The largest absolute Gasteiger partial charge is 0.356 e. The van der Waals surface area contributed by atoms with Crippen LogP contribution in [0.3, 0.4) is 0 Å². The van der Waals surface area contributed by atoms with E-state index in [0.717, 1.165) is 24.4 Å². The monoisotopic (exact) mass is 400 g/mol. The van der Waals surface area contributed by atoms with Gasteiger partial charge in [-0.15, -0.1) is 0 Å². The van der Waals surface area contributed by atoms with Crippen LogP contribution in [0.1, 0.15) is 32.3 Å². The summed E-state index contributed by atoms with van der Waals surface area (Å²) in [5.41, 5.74) is 1.33. The second-order valence-corrected chi connectivity index (χ2v) is 9.07. The van der Waals surface area contributed by atoms with Gasteiger partial charge in [0.05, 0.1) is 5.75 Å². The van der Waals surface area contributed by atoms with E-state index < -0.39 is 10.0 Å². The third-order valence-corrected chi connectivity index (χ3v) is 7.12. The number of hydrogen-bond acceptors (Lipinski definition) is 3. The molecule has 1 aliphatic rings. The van der Waals surface area contributed by atoms with Crippen LogP contribution in [-0.2, 0) is 15.4 Å². The molecule has 1 fully saturated rings. The summed E-state index contributed by atoms with van der Waals surface area (Å²) >= 11 is 6.11. The second kappa shape index (κ2) is 9.06. The maximum Gasteiger partial charge on any atom is 0.215 e. The fourth-order valence-electron chi connectivity index (χ4n) is 3.05. The summed E-state index contributed by atoms with van der Waals surface area (Å²) < 4.78 is 25.9. The Morgan fingerprint density at radius 1 is 1.27 bits per heavy atom. The van der Waals surface area contributed by atoms with Crippen LogP contribution in [0.2, 0.25) is 5.02 Å². The number of sulfonamides is 1. The van der Waals surface area contributed by atoms with Crippen LogP contribution in [0.4, 0.5) is 0 Å². The molecular weight excluding hydrogens is 372 g/mol. The average molecular weight is 401 g/mol. The summed E-state index contributed by atoms with van der Waals surface area (Å²) in [5.74, 6) is 0.669. The molecule has 0 aliphatic heterocycles. The Balaban J connectivity index is 1.85. The predicted octanol–water partition coefficient (Wildman–Crippen LogP) is 2.21. The molecule has 0 saturated heterocycles. The number of benzene rings is 1. The smallest absolute Gasteiger partial charge is 0.215 e. The first kappa shape index (κ1) is 21.0. The molecule has 0 aromatic heterocycles. The van der Waals surface area contributed by atoms with Crippen LogP contribution in [-0.4, -0.2) is 57.7 Å². The summed E-state index contributed by atoms with van der Waals surface area (Å²) in [5, 5.41) is 7.17. The minimum Gasteiger partial charge on any atom is -0.356 e. The van der Waals surface area contributed by atoms with E-state index in [2.05, 4.69) is 21.7 Å². The first-order valence-corrected chi connectivity index (χ1v) is 11.0. The van der Waals surface area contributed by atoms with Gasteiger partial charge in [-0.3, -0.25) is 4.99 Å². The maximum atomic E-state index is 12.2. The Morgan fingerprint density at radius 2 is 1.96 bits per heavy atom. The lowest BCUT2D eigenvalue weighted by Gasteiger charge is -2.21. The summed E-state index contributed by atoms with van der Waals surface area (Å²) in [7, 11) is -1.54. The van der Waals surface area contributed by atoms with Crippen molar-refractivity contribution in [2.45, 2.75) is 32.1 Å². The first-order chi connectivity index (χ1) is 12.4. The van der Waals surface area contributed by atoms with E-state index in [4.69, 9.17) is 11.6 Å². The molecule has 1 aromatic carbocycles. The Hall–Kier alpha value is -1.31. The van der Waals surface area contributed by atoms with Crippen LogP contribution < -0.4 is 10.6 Å². The third kappa shape index (κ3) is 5.34. The molecule has 2 N–H and O–H groups in total. The predicted molar refractivity (Wildman–Crippen MR) is 108 cm³/mol. The highest BCUT2D eigenvalue weighted by Gasteiger charge is 2.44. The van der Waals surface area contributed by atoms with Gasteiger partial charge in [-0.2, -0.15) is 0 Å². The molecule has 0 atom stereocenters. The molecule has 1 aliphatic carbocycles. The van der Waals surface area contributed by atoms with Crippen molar-refractivity contribution in [3.8, 4) is 0 Å². The van der Waals surface area contributed by atoms with Crippen molar-refractivity contribution in [2.75, 3.05) is 39.0 Å². The van der Waals surface area contributed by atoms with Crippen molar-refractivity contribution in [3.63, 3.8) is 0 Å². The third-order valence-electron chi connectivity index (χ3n) is 4.86. The van der Waals surface area contributed by atoms with E-state index in [9.17, 15) is 8.42 Å². The fourth-order valence-corrected chi connectivity index (χ4v) is 4.65. The SMILES string of the molecule is CCN(CC)S(=O)(=O)CCNC(=NC)NCC1(c2cccc(Cl)c2)CC1. The molecule has 0 bridgehead atoms. The standard InChI is InChI=1S/C18H29ClN4O2S/c1-4-23(5-2)26(24,25)12-11-21-17(20-3)22-14-18(9-10-18)15-7-6-8-16(19)13-15/h6-8,13H,4-5,9-12,14H2,1-3H3,(H2,20,21,22). The molecule has 6 nitrogen and oxygen atoms in total. The van der Waals surface area contributed by atoms with E-state index in [-0.39, 0.29) is 11.2 Å². The fraction of sp³-hybridized carbons (Fsp3) is 0.611. The molecule has 1 saturated carbocycles. The van der Waals surface area contributed by atoms with E-state index in [1.807, 2.05) is 32.0 Å². The zero-order valence-corrected chi connectivity index (χ0v) is 17.3. The molecule has 0 radical (unpaired) electrons. The molecule has 26 heavy (non-hydrogen) atoms. The molecular formula is C18H29ClN4O2S. The maximum absolute atomic E-state index is 12.2. The summed E-state index contributed by atoms with van der Waals surface area (Å²) in [6.07, 6.45) is 2.21. The quantitative estimate of drug-likeness (QED) is 0.492. The van der Waals surface area contributed by atoms with Gasteiger partial charge in [0.2, 0.25) is 10.0 Å². The number of hydrogen-bond donors (Lipinski definition) is 2. The number of nitrogens with one attached hydrogen (secondary N) is 2. The highest BCUT2D eigenvalue weighted by atomic mass is 35.5. The van der Waals surface area contributed by atoms with Gasteiger partial charge in [-0.25, -0.2) is 12.7 Å². The molecule has 0 heterocycles. The number of aliphatic imine (C=N–C) groups is 1. The van der Waals surface area contributed by atoms with Gasteiger partial charge in [0.15, 0.2) is 5.96 Å². The van der Waals surface area contributed by atoms with Gasteiger partial charge in [-0.05, 0) is 30.5 Å². The lowest BCUT2D eigenvalue weighted by Crippen LogP contribution is -2.44. The van der Waals surface area contributed by atoms with Gasteiger partial charge in [-0.1, -0.05) is 37.6 Å². The van der Waals surface area contributed by atoms with E-state index >= 15 is 0 Å². The average Bonchev–Trinajstić information content (AvgIpc) is 3.40. The van der Waals surface area contributed by atoms with Gasteiger partial charge >= 0.3 is 0 Å². The summed E-state index contributed by atoms with van der Waals surface area (Å²) in [4.78, 5) is 4.19. The van der Waals surface area contributed by atoms with E-state index in [0.29, 0.717) is 25.6 Å². The topological polar surface area (TPSA) is 73.8 Å². The van der Waals surface area contributed by atoms with Crippen molar-refractivity contribution >= 4 is 27.6 Å². The normalized spacial score (nSPS) is 16.6. The first-order valence-electron chi connectivity index (χ1n) is 9.05. The second-order valence-electron chi connectivity index (χ2n) is 6.54. The molecule has 146 valence electrons. The van der Waals surface area contributed by atoms with Crippen LogP contribution in [0.25, 0.3) is 0 Å². The number of halogens is 1. The van der Waals surface area contributed by atoms with Gasteiger partial charge in [0, 0.05) is 43.7 Å². The summed E-state index contributed by atoms with van der Waals surface area (Å²) in [6.45, 7) is 5.75. The van der Waals surface area contributed by atoms with Gasteiger partial charge in [0.25, 0.3) is 0 Å². The zero-order chi connectivity index (χ0) is 19.2. The van der Waals surface area contributed by atoms with Crippen LogP contribution in [0, 0.1) is 0 Å². The van der Waals surface area contributed by atoms with Crippen LogP contribution >= 0.6 is 11.6 Å². The Bertz CT molecular complexity index is 728. The van der Waals surface area contributed by atoms with Crippen LogP contribution in [0.5, 0.6) is 0 Å². The van der Waals surface area contributed by atoms with E-state index in [1.165, 1.54) is 9.87 Å². The van der Waals surface area contributed by atoms with Crippen molar-refractivity contribution in [1.29, 1.82) is 0 Å². The van der Waals surface area contributed by atoms with Crippen molar-refractivity contribution in [3.05, 3.63) is 34.9 Å². The van der Waals surface area contributed by atoms with E-state index in [1.54, 1.807) is 7.05 Å². The summed E-state index contributed by atoms with van der Waals surface area (Å²) in [6, 6.07) is 7.98. The minimum absolute atomic E-state index is 0.0504.